The lowest BCUT2D eigenvalue weighted by atomic mass is 10.2. The van der Waals surface area contributed by atoms with Gasteiger partial charge in [0.25, 0.3) is 5.91 Å². The highest BCUT2D eigenvalue weighted by Crippen LogP contribution is 2.16. The summed E-state index contributed by atoms with van der Waals surface area (Å²) >= 11 is 5.97. The zero-order valence-corrected chi connectivity index (χ0v) is 13.6. The van der Waals surface area contributed by atoms with Crippen molar-refractivity contribution in [3.8, 4) is 0 Å². The Morgan fingerprint density at radius 1 is 1.17 bits per heavy atom. The molecule has 2 aromatic rings. The van der Waals surface area contributed by atoms with E-state index >= 15 is 0 Å². The highest BCUT2D eigenvalue weighted by Gasteiger charge is 2.16. The van der Waals surface area contributed by atoms with Crippen LogP contribution in [0, 0.1) is 5.82 Å². The fourth-order valence-electron chi connectivity index (χ4n) is 1.81. The third kappa shape index (κ3) is 5.21. The highest BCUT2D eigenvalue weighted by atomic mass is 35.5. The van der Waals surface area contributed by atoms with Gasteiger partial charge in [-0.2, -0.15) is 0 Å². The van der Waals surface area contributed by atoms with E-state index in [0.717, 1.165) is 0 Å². The molecule has 6 heteroatoms. The maximum atomic E-state index is 12.8. The van der Waals surface area contributed by atoms with Crippen LogP contribution >= 0.6 is 11.6 Å². The number of carbonyl (C=O) groups is 2. The number of halogens is 2. The molecule has 0 aliphatic carbocycles. The summed E-state index contributed by atoms with van der Waals surface area (Å²) in [6, 6.07) is 12.3. The number of hydrogen-bond donors (Lipinski definition) is 1. The lowest BCUT2D eigenvalue weighted by Gasteiger charge is -2.12. The van der Waals surface area contributed by atoms with Crippen molar-refractivity contribution in [2.45, 2.75) is 13.0 Å². The smallest absolute Gasteiger partial charge is 0.331 e. The summed E-state index contributed by atoms with van der Waals surface area (Å²) in [4.78, 5) is 23.7. The largest absolute Gasteiger partial charge is 0.449 e. The van der Waals surface area contributed by atoms with Crippen molar-refractivity contribution in [1.29, 1.82) is 0 Å². The lowest BCUT2D eigenvalue weighted by molar-refractivity contribution is -0.148. The maximum Gasteiger partial charge on any atom is 0.331 e. The first kappa shape index (κ1) is 17.7. The van der Waals surface area contributed by atoms with Crippen LogP contribution in [0.5, 0.6) is 0 Å². The van der Waals surface area contributed by atoms with E-state index in [4.69, 9.17) is 16.3 Å². The first-order valence-electron chi connectivity index (χ1n) is 7.15. The van der Waals surface area contributed by atoms with Gasteiger partial charge in [-0.3, -0.25) is 4.79 Å². The molecule has 0 aromatic heterocycles. The first-order valence-corrected chi connectivity index (χ1v) is 7.53. The number of hydrogen-bond acceptors (Lipinski definition) is 3. The standard InChI is InChI=1S/C18H15ClFNO3/c1-12(18(23)21-15-9-7-14(20)8-10-15)24-17(22)11-6-13-4-2-3-5-16(13)19/h2-12H,1H3,(H,21,23)/b11-6+/t12-/m0/s1. The second-order valence-electron chi connectivity index (χ2n) is 4.93. The van der Waals surface area contributed by atoms with Crippen molar-refractivity contribution in [1.82, 2.24) is 0 Å². The number of rotatable bonds is 5. The predicted octanol–water partition coefficient (Wildman–Crippen LogP) is 4.06. The molecule has 0 aliphatic rings. The molecule has 24 heavy (non-hydrogen) atoms. The van der Waals surface area contributed by atoms with Gasteiger partial charge in [-0.25, -0.2) is 9.18 Å². The van der Waals surface area contributed by atoms with Gasteiger partial charge in [-0.15, -0.1) is 0 Å². The minimum atomic E-state index is -1.00. The van der Waals surface area contributed by atoms with E-state index in [0.29, 0.717) is 16.3 Å². The summed E-state index contributed by atoms with van der Waals surface area (Å²) in [5.74, 6) is -1.59. The third-order valence-corrected chi connectivity index (χ3v) is 3.42. The van der Waals surface area contributed by atoms with Crippen LogP contribution in [0.2, 0.25) is 5.02 Å². The number of carbonyl (C=O) groups excluding carboxylic acids is 2. The van der Waals surface area contributed by atoms with Gasteiger partial charge in [0, 0.05) is 16.8 Å². The summed E-state index contributed by atoms with van der Waals surface area (Å²) in [6.07, 6.45) is 1.71. The fourth-order valence-corrected chi connectivity index (χ4v) is 2.01. The van der Waals surface area contributed by atoms with E-state index in [1.807, 2.05) is 0 Å². The Morgan fingerprint density at radius 2 is 1.83 bits per heavy atom. The number of ether oxygens (including phenoxy) is 1. The summed E-state index contributed by atoms with van der Waals surface area (Å²) in [7, 11) is 0. The van der Waals surface area contributed by atoms with E-state index in [1.165, 1.54) is 43.3 Å². The molecule has 4 nitrogen and oxygen atoms in total. The molecule has 0 saturated carbocycles. The minimum Gasteiger partial charge on any atom is -0.449 e. The second-order valence-corrected chi connectivity index (χ2v) is 5.34. The molecule has 0 spiro atoms. The van der Waals surface area contributed by atoms with Crippen LogP contribution in [0.3, 0.4) is 0 Å². The Kier molecular flexibility index (Phi) is 6.09. The highest BCUT2D eigenvalue weighted by molar-refractivity contribution is 6.32. The molecular formula is C18H15ClFNO3. The van der Waals surface area contributed by atoms with Gasteiger partial charge in [0.1, 0.15) is 5.82 Å². The Balaban J connectivity index is 1.90. The normalized spacial score (nSPS) is 12.0. The molecule has 1 N–H and O–H groups in total. The van der Waals surface area contributed by atoms with Crippen LogP contribution in [0.4, 0.5) is 10.1 Å². The van der Waals surface area contributed by atoms with Crippen molar-refractivity contribution in [2.75, 3.05) is 5.32 Å². The number of benzene rings is 2. The van der Waals surface area contributed by atoms with Crippen LogP contribution in [-0.2, 0) is 14.3 Å². The quantitative estimate of drug-likeness (QED) is 0.655. The first-order chi connectivity index (χ1) is 11.5. The fraction of sp³-hybridized carbons (Fsp3) is 0.111. The number of esters is 1. The monoisotopic (exact) mass is 347 g/mol. The molecule has 2 aromatic carbocycles. The van der Waals surface area contributed by atoms with E-state index in [2.05, 4.69) is 5.32 Å². The van der Waals surface area contributed by atoms with E-state index in [1.54, 1.807) is 24.3 Å². The van der Waals surface area contributed by atoms with E-state index in [-0.39, 0.29) is 0 Å². The van der Waals surface area contributed by atoms with Crippen LogP contribution in [0.25, 0.3) is 6.08 Å². The lowest BCUT2D eigenvalue weighted by Crippen LogP contribution is -2.29. The molecule has 0 heterocycles. The van der Waals surface area contributed by atoms with Gasteiger partial charge >= 0.3 is 5.97 Å². The van der Waals surface area contributed by atoms with Crippen molar-refractivity contribution in [2.24, 2.45) is 0 Å². The SMILES string of the molecule is C[C@H](OC(=O)/C=C/c1ccccc1Cl)C(=O)Nc1ccc(F)cc1. The van der Waals surface area contributed by atoms with Crippen LogP contribution < -0.4 is 5.32 Å². The van der Waals surface area contributed by atoms with E-state index < -0.39 is 23.8 Å². The predicted molar refractivity (Wildman–Crippen MR) is 91.1 cm³/mol. The molecule has 0 saturated heterocycles. The zero-order chi connectivity index (χ0) is 17.5. The summed E-state index contributed by atoms with van der Waals surface area (Å²) < 4.78 is 17.8. The Hall–Kier alpha value is -2.66. The van der Waals surface area contributed by atoms with Crippen LogP contribution in [-0.4, -0.2) is 18.0 Å². The van der Waals surface area contributed by atoms with Gasteiger partial charge < -0.3 is 10.1 Å². The molecule has 124 valence electrons. The zero-order valence-electron chi connectivity index (χ0n) is 12.8. The average molecular weight is 348 g/mol. The van der Waals surface area contributed by atoms with Crippen molar-refractivity contribution >= 4 is 35.2 Å². The number of amides is 1. The molecule has 1 atom stereocenters. The molecule has 0 fully saturated rings. The molecule has 0 bridgehead atoms. The van der Waals surface area contributed by atoms with Crippen molar-refractivity contribution in [3.63, 3.8) is 0 Å². The van der Waals surface area contributed by atoms with Crippen molar-refractivity contribution < 1.29 is 18.7 Å². The average Bonchev–Trinajstić information content (AvgIpc) is 2.56. The number of nitrogens with one attached hydrogen (secondary N) is 1. The Morgan fingerprint density at radius 3 is 2.50 bits per heavy atom. The van der Waals surface area contributed by atoms with Gasteiger partial charge in [-0.05, 0) is 48.9 Å². The van der Waals surface area contributed by atoms with Gasteiger partial charge in [0.15, 0.2) is 6.10 Å². The van der Waals surface area contributed by atoms with Gasteiger partial charge in [-0.1, -0.05) is 29.8 Å². The number of anilines is 1. The molecule has 0 aliphatic heterocycles. The van der Waals surface area contributed by atoms with Crippen molar-refractivity contribution in [3.05, 3.63) is 71.0 Å². The van der Waals surface area contributed by atoms with Crippen LogP contribution in [0.15, 0.2) is 54.6 Å². The van der Waals surface area contributed by atoms with Gasteiger partial charge in [0.05, 0.1) is 0 Å². The molecule has 0 unspecified atom stereocenters. The topological polar surface area (TPSA) is 55.4 Å². The Bertz CT molecular complexity index is 759. The summed E-state index contributed by atoms with van der Waals surface area (Å²) in [6.45, 7) is 1.44. The molecule has 0 radical (unpaired) electrons. The maximum absolute atomic E-state index is 12.8. The van der Waals surface area contributed by atoms with E-state index in [9.17, 15) is 14.0 Å². The third-order valence-electron chi connectivity index (χ3n) is 3.08. The summed E-state index contributed by atoms with van der Waals surface area (Å²) in [5, 5.41) is 3.03. The molecule has 2 rings (SSSR count). The minimum absolute atomic E-state index is 0.405. The van der Waals surface area contributed by atoms with Crippen LogP contribution in [0.1, 0.15) is 12.5 Å². The second kappa shape index (κ2) is 8.26. The molecular weight excluding hydrogens is 333 g/mol. The Labute approximate surface area is 143 Å². The van der Waals surface area contributed by atoms with Gasteiger partial charge in [0.2, 0.25) is 0 Å². The molecule has 1 amide bonds. The summed E-state index contributed by atoms with van der Waals surface area (Å²) in [5.41, 5.74) is 1.08.